The maximum atomic E-state index is 11.1. The molecule has 1 aromatic heterocycles. The minimum atomic E-state index is -1.13. The molecule has 0 bridgehead atoms. The average molecular weight is 299 g/mol. The first kappa shape index (κ1) is 12.0. The van der Waals surface area contributed by atoms with Gasteiger partial charge in [-0.05, 0) is 32.0 Å². The smallest absolute Gasteiger partial charge is 0.375 e. The maximum Gasteiger partial charge on any atom is 0.375 e. The van der Waals surface area contributed by atoms with Crippen LogP contribution in [0.2, 0.25) is 0 Å². The van der Waals surface area contributed by atoms with E-state index in [9.17, 15) is 4.79 Å². The van der Waals surface area contributed by atoms with Gasteiger partial charge in [-0.15, -0.1) is 0 Å². The lowest BCUT2D eigenvalue weighted by Gasteiger charge is -2.08. The molecule has 0 spiro atoms. The minimum absolute atomic E-state index is 0.118. The molecule has 0 radical (unpaired) electrons. The van der Waals surface area contributed by atoms with Crippen LogP contribution in [0.5, 0.6) is 5.75 Å². The second-order valence-electron chi connectivity index (χ2n) is 3.87. The molecule has 0 atom stereocenters. The molecule has 0 saturated heterocycles. The minimum Gasteiger partial charge on any atom is -0.486 e. The van der Waals surface area contributed by atoms with Crippen molar-refractivity contribution in [3.8, 4) is 5.75 Å². The van der Waals surface area contributed by atoms with Gasteiger partial charge < -0.3 is 14.3 Å². The Balaban J connectivity index is 2.68. The Hall–Kier alpha value is -1.49. The number of carbonyl (C=O) groups is 1. The Morgan fingerprint density at radius 1 is 1.47 bits per heavy atom. The van der Waals surface area contributed by atoms with Gasteiger partial charge in [-0.2, -0.15) is 0 Å². The summed E-state index contributed by atoms with van der Waals surface area (Å²) in [6, 6.07) is 5.28. The number of rotatable bonds is 3. The van der Waals surface area contributed by atoms with Gasteiger partial charge in [-0.25, -0.2) is 4.79 Å². The standard InChI is InChI=1S/C12H11BrO4/c1-6(2)16-10-8-5-7(13)3-4-9(8)17-11(10)12(14)15/h3-6H,1-2H3,(H,14,15). The zero-order valence-corrected chi connectivity index (χ0v) is 10.9. The summed E-state index contributed by atoms with van der Waals surface area (Å²) in [5, 5.41) is 9.72. The summed E-state index contributed by atoms with van der Waals surface area (Å²) in [4.78, 5) is 11.1. The van der Waals surface area contributed by atoms with Crippen LogP contribution in [0.3, 0.4) is 0 Å². The van der Waals surface area contributed by atoms with Gasteiger partial charge in [0.25, 0.3) is 5.76 Å². The third kappa shape index (κ3) is 2.29. The van der Waals surface area contributed by atoms with Gasteiger partial charge in [0.05, 0.1) is 11.5 Å². The summed E-state index contributed by atoms with van der Waals surface area (Å²) < 4.78 is 11.6. The summed E-state index contributed by atoms with van der Waals surface area (Å²) in [6.07, 6.45) is -0.118. The monoisotopic (exact) mass is 298 g/mol. The lowest BCUT2D eigenvalue weighted by Crippen LogP contribution is -2.08. The van der Waals surface area contributed by atoms with Gasteiger partial charge in [-0.3, -0.25) is 0 Å². The van der Waals surface area contributed by atoms with Crippen LogP contribution in [-0.4, -0.2) is 17.2 Å². The van der Waals surface area contributed by atoms with E-state index in [0.29, 0.717) is 11.0 Å². The summed E-state index contributed by atoms with van der Waals surface area (Å²) in [6.45, 7) is 3.67. The van der Waals surface area contributed by atoms with Gasteiger partial charge in [0.15, 0.2) is 5.75 Å². The molecule has 0 fully saturated rings. The van der Waals surface area contributed by atoms with Crippen molar-refractivity contribution in [1.82, 2.24) is 0 Å². The Morgan fingerprint density at radius 2 is 2.18 bits per heavy atom. The van der Waals surface area contributed by atoms with E-state index in [1.807, 2.05) is 13.8 Å². The van der Waals surface area contributed by atoms with E-state index in [4.69, 9.17) is 14.3 Å². The second kappa shape index (κ2) is 4.41. The molecule has 0 amide bonds. The zero-order chi connectivity index (χ0) is 12.6. The van der Waals surface area contributed by atoms with E-state index in [1.54, 1.807) is 18.2 Å². The van der Waals surface area contributed by atoms with Crippen molar-refractivity contribution in [3.05, 3.63) is 28.4 Å². The summed E-state index contributed by atoms with van der Waals surface area (Å²) in [5.74, 6) is -1.01. The molecule has 0 saturated carbocycles. The number of aromatic carboxylic acids is 1. The molecule has 17 heavy (non-hydrogen) atoms. The molecular formula is C12H11BrO4. The van der Waals surface area contributed by atoms with Gasteiger partial charge in [0, 0.05) is 4.47 Å². The topological polar surface area (TPSA) is 59.7 Å². The Bertz CT molecular complexity index is 571. The van der Waals surface area contributed by atoms with E-state index in [1.165, 1.54) is 0 Å². The second-order valence-corrected chi connectivity index (χ2v) is 4.79. The summed E-state index contributed by atoms with van der Waals surface area (Å²) >= 11 is 3.33. The SMILES string of the molecule is CC(C)Oc1c(C(=O)O)oc2ccc(Br)cc12. The van der Waals surface area contributed by atoms with Crippen LogP contribution in [-0.2, 0) is 0 Å². The summed E-state index contributed by atoms with van der Waals surface area (Å²) in [5.41, 5.74) is 0.501. The number of carboxylic acids is 1. The van der Waals surface area contributed by atoms with Crippen LogP contribution < -0.4 is 4.74 Å². The fraction of sp³-hybridized carbons (Fsp3) is 0.250. The van der Waals surface area contributed by atoms with Gasteiger partial charge >= 0.3 is 5.97 Å². The molecule has 0 aliphatic rings. The maximum absolute atomic E-state index is 11.1. The van der Waals surface area contributed by atoms with E-state index in [0.717, 1.165) is 4.47 Å². The molecule has 1 heterocycles. The molecule has 90 valence electrons. The molecule has 0 aliphatic carbocycles. The average Bonchev–Trinajstić information content (AvgIpc) is 2.56. The number of furan rings is 1. The van der Waals surface area contributed by atoms with Crippen molar-refractivity contribution in [2.45, 2.75) is 20.0 Å². The number of fused-ring (bicyclic) bond motifs is 1. The van der Waals surface area contributed by atoms with Crippen LogP contribution in [0.4, 0.5) is 0 Å². The van der Waals surface area contributed by atoms with E-state index >= 15 is 0 Å². The van der Waals surface area contributed by atoms with Crippen molar-refractivity contribution in [1.29, 1.82) is 0 Å². The first-order valence-electron chi connectivity index (χ1n) is 5.11. The van der Waals surface area contributed by atoms with E-state index in [-0.39, 0.29) is 17.6 Å². The Kier molecular flexibility index (Phi) is 3.11. The van der Waals surface area contributed by atoms with Crippen molar-refractivity contribution >= 4 is 32.9 Å². The van der Waals surface area contributed by atoms with Gasteiger partial charge in [0.1, 0.15) is 5.58 Å². The number of hydrogen-bond acceptors (Lipinski definition) is 3. The van der Waals surface area contributed by atoms with Crippen LogP contribution in [0.25, 0.3) is 11.0 Å². The molecule has 1 aromatic carbocycles. The number of ether oxygens (including phenoxy) is 1. The molecule has 5 heteroatoms. The highest BCUT2D eigenvalue weighted by Crippen LogP contribution is 2.35. The molecule has 2 rings (SSSR count). The van der Waals surface area contributed by atoms with Crippen molar-refractivity contribution in [2.75, 3.05) is 0 Å². The Labute approximate surface area is 106 Å². The molecule has 2 aromatic rings. The first-order chi connectivity index (χ1) is 7.99. The van der Waals surface area contributed by atoms with Gasteiger partial charge in [-0.1, -0.05) is 15.9 Å². The lowest BCUT2D eigenvalue weighted by molar-refractivity contribution is 0.0656. The summed E-state index contributed by atoms with van der Waals surface area (Å²) in [7, 11) is 0. The first-order valence-corrected chi connectivity index (χ1v) is 5.90. The highest BCUT2D eigenvalue weighted by atomic mass is 79.9. The van der Waals surface area contributed by atoms with E-state index < -0.39 is 5.97 Å². The lowest BCUT2D eigenvalue weighted by atomic mass is 10.2. The predicted molar refractivity (Wildman–Crippen MR) is 66.6 cm³/mol. The van der Waals surface area contributed by atoms with Crippen molar-refractivity contribution in [3.63, 3.8) is 0 Å². The number of benzene rings is 1. The predicted octanol–water partition coefficient (Wildman–Crippen LogP) is 3.68. The molecular weight excluding hydrogens is 288 g/mol. The quantitative estimate of drug-likeness (QED) is 0.939. The largest absolute Gasteiger partial charge is 0.486 e. The molecule has 0 aliphatic heterocycles. The highest BCUT2D eigenvalue weighted by Gasteiger charge is 2.22. The highest BCUT2D eigenvalue weighted by molar-refractivity contribution is 9.10. The molecule has 1 N–H and O–H groups in total. The third-order valence-electron chi connectivity index (χ3n) is 2.15. The van der Waals surface area contributed by atoms with Crippen LogP contribution in [0.1, 0.15) is 24.4 Å². The Morgan fingerprint density at radius 3 is 2.76 bits per heavy atom. The molecule has 0 unspecified atom stereocenters. The third-order valence-corrected chi connectivity index (χ3v) is 2.65. The van der Waals surface area contributed by atoms with Crippen molar-refractivity contribution < 1.29 is 19.1 Å². The van der Waals surface area contributed by atoms with Crippen molar-refractivity contribution in [2.24, 2.45) is 0 Å². The normalized spacial score (nSPS) is 11.1. The number of hydrogen-bond donors (Lipinski definition) is 1. The van der Waals surface area contributed by atoms with Crippen LogP contribution in [0.15, 0.2) is 27.1 Å². The van der Waals surface area contributed by atoms with Gasteiger partial charge in [0.2, 0.25) is 0 Å². The molecule has 4 nitrogen and oxygen atoms in total. The van der Waals surface area contributed by atoms with E-state index in [2.05, 4.69) is 15.9 Å². The number of carboxylic acid groups (broad SMARTS) is 1. The zero-order valence-electron chi connectivity index (χ0n) is 9.36. The van der Waals surface area contributed by atoms with Crippen LogP contribution in [0, 0.1) is 0 Å². The van der Waals surface area contributed by atoms with Crippen LogP contribution >= 0.6 is 15.9 Å². The fourth-order valence-corrected chi connectivity index (χ4v) is 1.90. The number of halogens is 1. The fourth-order valence-electron chi connectivity index (χ4n) is 1.54.